The molecule has 1 atom stereocenters. The number of aryl methyl sites for hydroxylation is 1. The number of nitrogens with zero attached hydrogens (tertiary/aromatic N) is 1. The lowest BCUT2D eigenvalue weighted by Gasteiger charge is -2.13. The summed E-state index contributed by atoms with van der Waals surface area (Å²) in [6.45, 7) is 3.79. The summed E-state index contributed by atoms with van der Waals surface area (Å²) in [5.74, 6) is 0.387. The minimum atomic E-state index is -0.615. The largest absolute Gasteiger partial charge is 0.481 e. The van der Waals surface area contributed by atoms with Crippen LogP contribution >= 0.6 is 22.6 Å². The zero-order valence-corrected chi connectivity index (χ0v) is 15.3. The lowest BCUT2D eigenvalue weighted by atomic mass is 10.2. The fraction of sp³-hybridized carbons (Fsp3) is 0.222. The van der Waals surface area contributed by atoms with Crippen LogP contribution in [0.2, 0.25) is 0 Å². The van der Waals surface area contributed by atoms with Crippen molar-refractivity contribution in [2.45, 2.75) is 26.4 Å². The van der Waals surface area contributed by atoms with Crippen LogP contribution in [0.25, 0.3) is 0 Å². The minimum absolute atomic E-state index is 0.286. The maximum Gasteiger partial charge on any atom is 0.280 e. The highest BCUT2D eigenvalue weighted by molar-refractivity contribution is 14.1. The summed E-state index contributed by atoms with van der Waals surface area (Å²) in [6.07, 6.45) is 1.97. The molecule has 1 N–H and O–H groups in total. The Morgan fingerprint density at radius 3 is 2.70 bits per heavy atom. The summed E-state index contributed by atoms with van der Waals surface area (Å²) >= 11 is 2.23. The van der Waals surface area contributed by atoms with Crippen molar-refractivity contribution in [3.8, 4) is 5.75 Å². The molecule has 0 aliphatic heterocycles. The standard InChI is InChI=1S/C18H19IN2O2/c1-3-14-7-9-17(10-8-14)23-13(2)18(22)21-20-12-15-5-4-6-16(19)11-15/h4-13H,3H2,1-2H3,(H,21,22). The summed E-state index contributed by atoms with van der Waals surface area (Å²) in [5, 5.41) is 3.96. The van der Waals surface area contributed by atoms with E-state index in [1.54, 1.807) is 13.1 Å². The van der Waals surface area contributed by atoms with Gasteiger partial charge in [-0.25, -0.2) is 5.43 Å². The predicted octanol–water partition coefficient (Wildman–Crippen LogP) is 3.77. The first-order valence-corrected chi connectivity index (χ1v) is 8.50. The molecule has 0 bridgehead atoms. The fourth-order valence-corrected chi connectivity index (χ4v) is 2.48. The number of carbonyl (C=O) groups excluding carboxylic acids is 1. The van der Waals surface area contributed by atoms with E-state index in [2.05, 4.69) is 40.0 Å². The lowest BCUT2D eigenvalue weighted by molar-refractivity contribution is -0.127. The number of hydrogen-bond acceptors (Lipinski definition) is 3. The van der Waals surface area contributed by atoms with Gasteiger partial charge in [-0.3, -0.25) is 4.79 Å². The minimum Gasteiger partial charge on any atom is -0.481 e. The number of carbonyl (C=O) groups is 1. The molecule has 0 aromatic heterocycles. The highest BCUT2D eigenvalue weighted by Gasteiger charge is 2.13. The molecule has 0 aliphatic rings. The number of hydrogen-bond donors (Lipinski definition) is 1. The Bertz CT molecular complexity index is 684. The van der Waals surface area contributed by atoms with E-state index >= 15 is 0 Å². The van der Waals surface area contributed by atoms with Gasteiger partial charge >= 0.3 is 0 Å². The Hall–Kier alpha value is -1.89. The SMILES string of the molecule is CCc1ccc(OC(C)C(=O)NN=Cc2cccc(I)c2)cc1. The van der Waals surface area contributed by atoms with Gasteiger partial charge in [-0.1, -0.05) is 31.2 Å². The molecule has 0 saturated heterocycles. The summed E-state index contributed by atoms with van der Waals surface area (Å²) in [5.41, 5.74) is 4.66. The smallest absolute Gasteiger partial charge is 0.280 e. The van der Waals surface area contributed by atoms with Crippen molar-refractivity contribution >= 4 is 34.7 Å². The number of amides is 1. The van der Waals surface area contributed by atoms with E-state index in [0.29, 0.717) is 5.75 Å². The summed E-state index contributed by atoms with van der Waals surface area (Å²) < 4.78 is 6.73. The van der Waals surface area contributed by atoms with Crippen LogP contribution in [0, 0.1) is 3.57 Å². The first-order chi connectivity index (χ1) is 11.1. The molecule has 2 aromatic rings. The Kier molecular flexibility index (Phi) is 6.58. The second kappa shape index (κ2) is 8.67. The van der Waals surface area contributed by atoms with Crippen LogP contribution in [0.5, 0.6) is 5.75 Å². The first-order valence-electron chi connectivity index (χ1n) is 7.42. The molecule has 23 heavy (non-hydrogen) atoms. The third kappa shape index (κ3) is 5.67. The molecular weight excluding hydrogens is 403 g/mol. The van der Waals surface area contributed by atoms with E-state index in [4.69, 9.17) is 4.74 Å². The van der Waals surface area contributed by atoms with E-state index in [-0.39, 0.29) is 5.91 Å². The number of hydrazone groups is 1. The van der Waals surface area contributed by atoms with E-state index in [1.807, 2.05) is 48.5 Å². The third-order valence-electron chi connectivity index (χ3n) is 3.25. The van der Waals surface area contributed by atoms with Crippen molar-refractivity contribution in [1.29, 1.82) is 0 Å². The molecule has 0 aliphatic carbocycles. The van der Waals surface area contributed by atoms with E-state index in [9.17, 15) is 4.79 Å². The van der Waals surface area contributed by atoms with Crippen molar-refractivity contribution in [2.24, 2.45) is 5.10 Å². The van der Waals surface area contributed by atoms with Crippen molar-refractivity contribution in [3.63, 3.8) is 0 Å². The second-order valence-electron chi connectivity index (χ2n) is 5.05. The number of ether oxygens (including phenoxy) is 1. The van der Waals surface area contributed by atoms with Crippen molar-refractivity contribution in [1.82, 2.24) is 5.43 Å². The topological polar surface area (TPSA) is 50.7 Å². The molecule has 4 nitrogen and oxygen atoms in total. The average Bonchev–Trinajstić information content (AvgIpc) is 2.55. The van der Waals surface area contributed by atoms with Gasteiger partial charge in [0.15, 0.2) is 6.10 Å². The van der Waals surface area contributed by atoms with E-state index < -0.39 is 6.10 Å². The maximum absolute atomic E-state index is 12.0. The van der Waals surface area contributed by atoms with Gasteiger partial charge in [-0.15, -0.1) is 0 Å². The molecule has 0 saturated carbocycles. The quantitative estimate of drug-likeness (QED) is 0.438. The Balaban J connectivity index is 1.86. The van der Waals surface area contributed by atoms with Gasteiger partial charge in [0.2, 0.25) is 0 Å². The molecule has 1 unspecified atom stereocenters. The van der Waals surface area contributed by atoms with Crippen LogP contribution < -0.4 is 10.2 Å². The van der Waals surface area contributed by atoms with Gasteiger partial charge in [0, 0.05) is 3.57 Å². The first kappa shape index (κ1) is 17.5. The maximum atomic E-state index is 12.0. The number of halogens is 1. The summed E-state index contributed by atoms with van der Waals surface area (Å²) in [6, 6.07) is 15.6. The molecule has 0 heterocycles. The van der Waals surface area contributed by atoms with Gasteiger partial charge in [0.25, 0.3) is 5.91 Å². The number of rotatable bonds is 6. The molecule has 1 amide bonds. The van der Waals surface area contributed by atoms with Crippen LogP contribution in [0.4, 0.5) is 0 Å². The van der Waals surface area contributed by atoms with Crippen molar-refractivity contribution in [3.05, 3.63) is 63.2 Å². The molecular formula is C18H19IN2O2. The van der Waals surface area contributed by atoms with Crippen LogP contribution in [-0.4, -0.2) is 18.2 Å². The normalized spacial score (nSPS) is 12.1. The fourth-order valence-electron chi connectivity index (χ4n) is 1.91. The van der Waals surface area contributed by atoms with Crippen molar-refractivity contribution in [2.75, 3.05) is 0 Å². The van der Waals surface area contributed by atoms with Gasteiger partial charge in [-0.2, -0.15) is 5.10 Å². The molecule has 2 aromatic carbocycles. The summed E-state index contributed by atoms with van der Waals surface area (Å²) in [4.78, 5) is 12.0. The molecule has 0 radical (unpaired) electrons. The molecule has 120 valence electrons. The monoisotopic (exact) mass is 422 g/mol. The Morgan fingerprint density at radius 2 is 2.04 bits per heavy atom. The zero-order chi connectivity index (χ0) is 16.7. The van der Waals surface area contributed by atoms with Gasteiger partial charge in [0.05, 0.1) is 6.21 Å². The second-order valence-corrected chi connectivity index (χ2v) is 6.29. The van der Waals surface area contributed by atoms with E-state index in [0.717, 1.165) is 15.6 Å². The van der Waals surface area contributed by atoms with Crippen LogP contribution in [0.1, 0.15) is 25.0 Å². The van der Waals surface area contributed by atoms with Crippen LogP contribution in [0.15, 0.2) is 53.6 Å². The third-order valence-corrected chi connectivity index (χ3v) is 3.92. The molecule has 0 fully saturated rings. The summed E-state index contributed by atoms with van der Waals surface area (Å²) in [7, 11) is 0. The molecule has 2 rings (SSSR count). The Labute approximate surface area is 150 Å². The highest BCUT2D eigenvalue weighted by atomic mass is 127. The van der Waals surface area contributed by atoms with E-state index in [1.165, 1.54) is 5.56 Å². The molecule has 0 spiro atoms. The lowest BCUT2D eigenvalue weighted by Crippen LogP contribution is -2.33. The van der Waals surface area contributed by atoms with Gasteiger partial charge in [-0.05, 0) is 71.3 Å². The Morgan fingerprint density at radius 1 is 1.30 bits per heavy atom. The number of benzene rings is 2. The van der Waals surface area contributed by atoms with Gasteiger partial charge in [0.1, 0.15) is 5.75 Å². The van der Waals surface area contributed by atoms with Crippen molar-refractivity contribution < 1.29 is 9.53 Å². The number of nitrogens with one attached hydrogen (secondary N) is 1. The van der Waals surface area contributed by atoms with Crippen LogP contribution in [-0.2, 0) is 11.2 Å². The zero-order valence-electron chi connectivity index (χ0n) is 13.1. The average molecular weight is 422 g/mol. The van der Waals surface area contributed by atoms with Gasteiger partial charge < -0.3 is 4.74 Å². The predicted molar refractivity (Wildman–Crippen MR) is 101 cm³/mol. The van der Waals surface area contributed by atoms with Crippen LogP contribution in [0.3, 0.4) is 0 Å². The molecule has 5 heteroatoms. The highest BCUT2D eigenvalue weighted by Crippen LogP contribution is 2.14.